The van der Waals surface area contributed by atoms with E-state index in [0.29, 0.717) is 12.5 Å². The number of halogens is 1. The second-order valence-corrected chi connectivity index (χ2v) is 7.03. The average Bonchev–Trinajstić information content (AvgIpc) is 3.19. The second kappa shape index (κ2) is 12.1. The molecule has 8 heteroatoms. The van der Waals surface area contributed by atoms with Gasteiger partial charge in [-0.25, -0.2) is 4.99 Å². The van der Waals surface area contributed by atoms with Gasteiger partial charge in [0.25, 0.3) is 0 Å². The Kier molecular flexibility index (Phi) is 10.6. The molecule has 0 saturated heterocycles. The Balaban J connectivity index is 0.00000392. The zero-order valence-electron chi connectivity index (χ0n) is 18.0. The zero-order valence-corrected chi connectivity index (χ0v) is 20.3. The molecule has 0 aliphatic rings. The molecule has 158 valence electrons. The van der Waals surface area contributed by atoms with Gasteiger partial charge in [-0.1, -0.05) is 25.9 Å². The Morgan fingerprint density at radius 2 is 1.96 bits per heavy atom. The van der Waals surface area contributed by atoms with E-state index in [1.165, 1.54) is 5.69 Å². The van der Waals surface area contributed by atoms with Crippen molar-refractivity contribution >= 4 is 29.9 Å². The highest BCUT2D eigenvalue weighted by Gasteiger charge is 2.13. The van der Waals surface area contributed by atoms with Crippen molar-refractivity contribution in [2.45, 2.75) is 67.5 Å². The normalized spacial score (nSPS) is 12.6. The summed E-state index contributed by atoms with van der Waals surface area (Å²) in [5, 5.41) is 15.5. The van der Waals surface area contributed by atoms with Gasteiger partial charge in [-0.3, -0.25) is 4.68 Å². The first-order valence-electron chi connectivity index (χ1n) is 9.97. The third-order valence-electron chi connectivity index (χ3n) is 4.55. The molecular weight excluding hydrogens is 467 g/mol. The lowest BCUT2D eigenvalue weighted by molar-refractivity contribution is 0.380. The molecule has 2 rings (SSSR count). The highest BCUT2D eigenvalue weighted by atomic mass is 127. The van der Waals surface area contributed by atoms with Gasteiger partial charge in [-0.05, 0) is 39.2 Å². The first kappa shape index (κ1) is 24.5. The molecule has 2 heterocycles. The molecule has 1 unspecified atom stereocenters. The largest absolute Gasteiger partial charge is 0.361 e. The van der Waals surface area contributed by atoms with Crippen molar-refractivity contribution in [1.82, 2.24) is 25.6 Å². The third kappa shape index (κ3) is 6.79. The van der Waals surface area contributed by atoms with Gasteiger partial charge in [0.2, 0.25) is 0 Å². The molecule has 0 aromatic carbocycles. The van der Waals surface area contributed by atoms with Crippen LogP contribution in [0.2, 0.25) is 0 Å². The van der Waals surface area contributed by atoms with Crippen molar-refractivity contribution in [3.05, 3.63) is 34.5 Å². The van der Waals surface area contributed by atoms with Crippen LogP contribution in [0.4, 0.5) is 0 Å². The van der Waals surface area contributed by atoms with Gasteiger partial charge in [0.05, 0.1) is 17.9 Å². The van der Waals surface area contributed by atoms with E-state index in [0.717, 1.165) is 61.1 Å². The summed E-state index contributed by atoms with van der Waals surface area (Å²) in [7, 11) is 0. The van der Waals surface area contributed by atoms with Crippen LogP contribution in [0.3, 0.4) is 0 Å². The number of rotatable bonds is 9. The van der Waals surface area contributed by atoms with Crippen LogP contribution in [-0.4, -0.2) is 34.0 Å². The molecule has 0 amide bonds. The van der Waals surface area contributed by atoms with Crippen molar-refractivity contribution in [3.63, 3.8) is 0 Å². The number of aryl methyl sites for hydroxylation is 4. The minimum Gasteiger partial charge on any atom is -0.361 e. The molecule has 0 radical (unpaired) electrons. The maximum absolute atomic E-state index is 5.44. The van der Waals surface area contributed by atoms with E-state index < -0.39 is 0 Å². The smallest absolute Gasteiger partial charge is 0.191 e. The van der Waals surface area contributed by atoms with E-state index in [1.54, 1.807) is 0 Å². The van der Waals surface area contributed by atoms with Crippen molar-refractivity contribution in [2.24, 2.45) is 10.9 Å². The fourth-order valence-corrected chi connectivity index (χ4v) is 3.11. The average molecular weight is 502 g/mol. The summed E-state index contributed by atoms with van der Waals surface area (Å²) in [5.74, 6) is 2.19. The lowest BCUT2D eigenvalue weighted by atomic mass is 10.1. The summed E-state index contributed by atoms with van der Waals surface area (Å²) >= 11 is 0. The number of guanidine groups is 1. The van der Waals surface area contributed by atoms with Crippen molar-refractivity contribution < 1.29 is 4.52 Å². The third-order valence-corrected chi connectivity index (χ3v) is 4.55. The molecule has 2 aromatic heterocycles. The number of aliphatic imine (C=N–C) groups is 1. The number of nitrogens with one attached hydrogen (secondary N) is 2. The van der Waals surface area contributed by atoms with Crippen LogP contribution in [0.15, 0.2) is 15.6 Å². The number of nitrogens with zero attached hydrogens (tertiary/aromatic N) is 4. The quantitative estimate of drug-likeness (QED) is 0.311. The molecule has 0 spiro atoms. The van der Waals surface area contributed by atoms with Crippen LogP contribution >= 0.6 is 24.0 Å². The Bertz CT molecular complexity index is 730. The van der Waals surface area contributed by atoms with E-state index in [2.05, 4.69) is 66.3 Å². The molecule has 7 nitrogen and oxygen atoms in total. The first-order chi connectivity index (χ1) is 13.0. The van der Waals surface area contributed by atoms with Gasteiger partial charge >= 0.3 is 0 Å². The maximum atomic E-state index is 5.44. The van der Waals surface area contributed by atoms with Crippen LogP contribution < -0.4 is 10.6 Å². The summed E-state index contributed by atoms with van der Waals surface area (Å²) in [6.45, 7) is 15.7. The summed E-state index contributed by atoms with van der Waals surface area (Å²) in [4.78, 5) is 4.75. The standard InChI is InChI=1S/C20H34N6O.HI/c1-7-18-17(19(8-2)27-25-18)12-23-20(21-9-3)22-11-14(4)13-26-16(6)10-15(5)24-26;/h10,14H,7-9,11-13H2,1-6H3,(H2,21,22,23);1H. The van der Waals surface area contributed by atoms with E-state index in [1.807, 2.05) is 6.92 Å². The molecule has 2 N–H and O–H groups in total. The van der Waals surface area contributed by atoms with Crippen LogP contribution in [0.1, 0.15) is 56.1 Å². The fourth-order valence-electron chi connectivity index (χ4n) is 3.11. The van der Waals surface area contributed by atoms with Gasteiger partial charge < -0.3 is 15.2 Å². The van der Waals surface area contributed by atoms with Crippen molar-refractivity contribution in [1.29, 1.82) is 0 Å². The van der Waals surface area contributed by atoms with Gasteiger partial charge in [-0.15, -0.1) is 24.0 Å². The fraction of sp³-hybridized carbons (Fsp3) is 0.650. The predicted molar refractivity (Wildman–Crippen MR) is 124 cm³/mol. The van der Waals surface area contributed by atoms with Gasteiger partial charge in [0.15, 0.2) is 5.96 Å². The number of hydrogen-bond acceptors (Lipinski definition) is 4. The lowest BCUT2D eigenvalue weighted by Gasteiger charge is -2.16. The second-order valence-electron chi connectivity index (χ2n) is 7.03. The molecule has 0 saturated carbocycles. The van der Waals surface area contributed by atoms with Crippen LogP contribution in [0.25, 0.3) is 0 Å². The van der Waals surface area contributed by atoms with E-state index in [4.69, 9.17) is 9.52 Å². The Morgan fingerprint density at radius 3 is 2.54 bits per heavy atom. The summed E-state index contributed by atoms with van der Waals surface area (Å²) in [6, 6.07) is 2.11. The van der Waals surface area contributed by atoms with Gasteiger partial charge in [0, 0.05) is 37.3 Å². The van der Waals surface area contributed by atoms with Crippen LogP contribution in [0.5, 0.6) is 0 Å². The zero-order chi connectivity index (χ0) is 19.8. The minimum atomic E-state index is 0. The van der Waals surface area contributed by atoms with E-state index >= 15 is 0 Å². The van der Waals surface area contributed by atoms with Crippen molar-refractivity contribution in [2.75, 3.05) is 13.1 Å². The Morgan fingerprint density at radius 1 is 1.21 bits per heavy atom. The first-order valence-corrected chi connectivity index (χ1v) is 9.97. The van der Waals surface area contributed by atoms with E-state index in [-0.39, 0.29) is 24.0 Å². The number of aromatic nitrogens is 3. The molecule has 0 aliphatic carbocycles. The topological polar surface area (TPSA) is 80.3 Å². The molecule has 2 aromatic rings. The monoisotopic (exact) mass is 502 g/mol. The van der Waals surface area contributed by atoms with Crippen LogP contribution in [0, 0.1) is 19.8 Å². The molecule has 0 aliphatic heterocycles. The molecule has 28 heavy (non-hydrogen) atoms. The van der Waals surface area contributed by atoms with Gasteiger partial charge in [-0.2, -0.15) is 5.10 Å². The number of hydrogen-bond donors (Lipinski definition) is 2. The lowest BCUT2D eigenvalue weighted by Crippen LogP contribution is -2.40. The van der Waals surface area contributed by atoms with E-state index in [9.17, 15) is 0 Å². The van der Waals surface area contributed by atoms with Gasteiger partial charge in [0.1, 0.15) is 5.76 Å². The summed E-state index contributed by atoms with van der Waals surface area (Å²) in [5.41, 5.74) is 4.39. The molecular formula is C20H35IN6O. The van der Waals surface area contributed by atoms with Crippen LogP contribution in [-0.2, 0) is 25.9 Å². The minimum absolute atomic E-state index is 0. The molecule has 1 atom stereocenters. The Labute approximate surface area is 185 Å². The highest BCUT2D eigenvalue weighted by molar-refractivity contribution is 14.0. The highest BCUT2D eigenvalue weighted by Crippen LogP contribution is 2.16. The maximum Gasteiger partial charge on any atom is 0.191 e. The molecule has 0 fully saturated rings. The predicted octanol–water partition coefficient (Wildman–Crippen LogP) is 3.62. The van der Waals surface area contributed by atoms with Crippen molar-refractivity contribution in [3.8, 4) is 0 Å². The molecule has 0 bridgehead atoms. The summed E-state index contributed by atoms with van der Waals surface area (Å²) in [6.07, 6.45) is 1.69. The SMILES string of the molecule is CCNC(=NCc1c(CC)noc1CC)NCC(C)Cn1nc(C)cc1C.I. The Hall–Kier alpha value is -1.58. The summed E-state index contributed by atoms with van der Waals surface area (Å²) < 4.78 is 7.51.